The molecule has 2 aliphatic rings. The van der Waals surface area contributed by atoms with Crippen LogP contribution in [0.2, 0.25) is 0 Å². The van der Waals surface area contributed by atoms with E-state index in [2.05, 4.69) is 13.8 Å². The predicted molar refractivity (Wildman–Crippen MR) is 188 cm³/mol. The number of hydrogen-bond donors (Lipinski definition) is 6. The molecule has 0 saturated carbocycles. The summed E-state index contributed by atoms with van der Waals surface area (Å²) in [5.41, 5.74) is 0. The van der Waals surface area contributed by atoms with Crippen LogP contribution in [0.25, 0.3) is 0 Å². The molecule has 11 heteroatoms. The molecule has 11 nitrogen and oxygen atoms in total. The van der Waals surface area contributed by atoms with Crippen molar-refractivity contribution in [1.29, 1.82) is 0 Å². The lowest BCUT2D eigenvalue weighted by Crippen LogP contribution is -2.45. The van der Waals surface area contributed by atoms with Crippen molar-refractivity contribution in [3.63, 3.8) is 0 Å². The minimum Gasteiger partial charge on any atom is -0.433 e. The molecule has 2 rings (SSSR count). The van der Waals surface area contributed by atoms with Gasteiger partial charge in [-0.05, 0) is 25.9 Å². The first kappa shape index (κ1) is 43.1. The van der Waals surface area contributed by atoms with Crippen molar-refractivity contribution in [1.82, 2.24) is 9.80 Å². The lowest BCUT2D eigenvalue weighted by molar-refractivity contribution is -0.0176. The number of ether oxygens (including phenoxy) is 2. The minimum atomic E-state index is -1.19. The predicted octanol–water partition coefficient (Wildman–Crippen LogP) is 4.52. The van der Waals surface area contributed by atoms with Gasteiger partial charge in [-0.2, -0.15) is 0 Å². The first-order chi connectivity index (χ1) is 23.3. The van der Waals surface area contributed by atoms with Crippen molar-refractivity contribution in [2.24, 2.45) is 0 Å². The molecule has 0 aromatic rings. The van der Waals surface area contributed by atoms with E-state index in [1.165, 1.54) is 89.9 Å². The second-order valence-electron chi connectivity index (χ2n) is 14.3. The summed E-state index contributed by atoms with van der Waals surface area (Å²) in [6.07, 6.45) is 17.9. The monoisotopic (exact) mass is 689 g/mol. The molecule has 2 fully saturated rings. The number of carbonyl (C=O) groups is 1. The number of aliphatic hydroxyl groups is 6. The fraction of sp³-hybridized carbons (Fsp3) is 0.973. The van der Waals surface area contributed by atoms with Crippen LogP contribution in [0.1, 0.15) is 142 Å². The Morgan fingerprint density at radius 2 is 0.729 bits per heavy atom. The van der Waals surface area contributed by atoms with Crippen LogP contribution in [0.4, 0.5) is 4.79 Å². The number of rotatable bonds is 28. The van der Waals surface area contributed by atoms with Gasteiger partial charge in [0.15, 0.2) is 0 Å². The van der Waals surface area contributed by atoms with Crippen LogP contribution < -0.4 is 0 Å². The summed E-state index contributed by atoms with van der Waals surface area (Å²) in [6, 6.07) is -2.66. The van der Waals surface area contributed by atoms with Gasteiger partial charge in [0.25, 0.3) is 0 Å². The van der Waals surface area contributed by atoms with E-state index in [1.807, 2.05) is 9.80 Å². The van der Waals surface area contributed by atoms with Crippen molar-refractivity contribution in [3.8, 4) is 0 Å². The first-order valence-corrected chi connectivity index (χ1v) is 19.6. The van der Waals surface area contributed by atoms with Gasteiger partial charge >= 0.3 is 6.16 Å². The molecule has 2 heterocycles. The van der Waals surface area contributed by atoms with E-state index < -0.39 is 54.7 Å². The van der Waals surface area contributed by atoms with E-state index in [0.29, 0.717) is 13.1 Å². The molecule has 8 atom stereocenters. The SMILES string of the molecule is CCCCCCCCCCCCN1[C@H](CO)[C@H](O)[C@@H](O)[C@H]1COC(=O)OC[C@@H]1[C@H](O)[C@@H](O)[C@@H](CO)N1CCCCCCCCCCCC. The summed E-state index contributed by atoms with van der Waals surface area (Å²) in [6.45, 7) is 4.48. The Hall–Kier alpha value is -1.05. The van der Waals surface area contributed by atoms with Crippen LogP contribution in [0.15, 0.2) is 0 Å². The Labute approximate surface area is 291 Å². The third kappa shape index (κ3) is 14.7. The Morgan fingerprint density at radius 3 is 1.02 bits per heavy atom. The van der Waals surface area contributed by atoms with Crippen molar-refractivity contribution in [2.75, 3.05) is 39.5 Å². The van der Waals surface area contributed by atoms with Crippen LogP contribution in [-0.4, -0.2) is 135 Å². The summed E-state index contributed by atoms with van der Waals surface area (Å²) in [4.78, 5) is 16.3. The standard InChI is InChI=1S/C37H72N2O9/c1-3-5-7-9-11-13-15-17-19-21-23-38-29(25-40)33(42)35(44)31(38)27-47-37(46)48-28-32-36(45)34(43)30(26-41)39(32)24-22-20-18-16-14-12-10-8-6-4-2/h29-36,40-45H,3-28H2,1-2H3/t29-,30-,31-,32-,33+,34+,35+,36+/m1/s1. The Kier molecular flexibility index (Phi) is 23.2. The van der Waals surface area contributed by atoms with Crippen LogP contribution in [-0.2, 0) is 9.47 Å². The lowest BCUT2D eigenvalue weighted by atomic mass is 10.1. The van der Waals surface area contributed by atoms with Gasteiger partial charge in [0.1, 0.15) is 25.4 Å². The van der Waals surface area contributed by atoms with Gasteiger partial charge in [0, 0.05) is 0 Å². The van der Waals surface area contributed by atoms with E-state index >= 15 is 0 Å². The summed E-state index contributed by atoms with van der Waals surface area (Å²) >= 11 is 0. The van der Waals surface area contributed by atoms with Crippen molar-refractivity contribution < 1.29 is 44.9 Å². The van der Waals surface area contributed by atoms with Gasteiger partial charge < -0.3 is 40.1 Å². The fourth-order valence-corrected chi connectivity index (χ4v) is 7.58. The maximum atomic E-state index is 12.7. The average molecular weight is 689 g/mol. The molecule has 0 aromatic heterocycles. The number of hydrogen-bond acceptors (Lipinski definition) is 11. The van der Waals surface area contributed by atoms with Gasteiger partial charge in [-0.3, -0.25) is 9.80 Å². The number of aliphatic hydroxyl groups excluding tert-OH is 6. The molecule has 0 aromatic carbocycles. The molecule has 0 spiro atoms. The van der Waals surface area contributed by atoms with Gasteiger partial charge in [0.05, 0.1) is 49.6 Å². The minimum absolute atomic E-state index is 0.219. The Balaban J connectivity index is 1.77. The second kappa shape index (κ2) is 25.8. The molecular weight excluding hydrogens is 616 g/mol. The van der Waals surface area contributed by atoms with Gasteiger partial charge in [-0.25, -0.2) is 4.79 Å². The van der Waals surface area contributed by atoms with Crippen molar-refractivity contribution in [2.45, 2.75) is 191 Å². The van der Waals surface area contributed by atoms with Crippen LogP contribution in [0.5, 0.6) is 0 Å². The number of unbranched alkanes of at least 4 members (excludes halogenated alkanes) is 18. The smallest absolute Gasteiger partial charge is 0.433 e. The van der Waals surface area contributed by atoms with E-state index in [0.717, 1.165) is 38.5 Å². The van der Waals surface area contributed by atoms with Crippen molar-refractivity contribution in [3.05, 3.63) is 0 Å². The molecule has 2 saturated heterocycles. The molecule has 6 N–H and O–H groups in total. The number of nitrogens with zero attached hydrogens (tertiary/aromatic N) is 2. The van der Waals surface area contributed by atoms with Gasteiger partial charge in [-0.15, -0.1) is 0 Å². The molecule has 0 amide bonds. The Bertz CT molecular complexity index is 747. The summed E-state index contributed by atoms with van der Waals surface area (Å²) in [5.74, 6) is 0. The number of carbonyl (C=O) groups excluding carboxylic acids is 1. The molecule has 284 valence electrons. The molecule has 0 bridgehead atoms. The maximum Gasteiger partial charge on any atom is 0.508 e. The van der Waals surface area contributed by atoms with E-state index in [-0.39, 0.29) is 26.4 Å². The fourth-order valence-electron chi connectivity index (χ4n) is 7.58. The quantitative estimate of drug-likeness (QED) is 0.0506. The largest absolute Gasteiger partial charge is 0.508 e. The van der Waals surface area contributed by atoms with E-state index in [1.54, 1.807) is 0 Å². The normalized spacial score (nSPS) is 28.0. The zero-order valence-corrected chi connectivity index (χ0v) is 30.3. The highest BCUT2D eigenvalue weighted by Gasteiger charge is 2.49. The molecule has 0 unspecified atom stereocenters. The van der Waals surface area contributed by atoms with Gasteiger partial charge in [0.2, 0.25) is 0 Å². The Morgan fingerprint density at radius 1 is 0.458 bits per heavy atom. The first-order valence-electron chi connectivity index (χ1n) is 19.6. The third-order valence-corrected chi connectivity index (χ3v) is 10.6. The average Bonchev–Trinajstić information content (AvgIpc) is 3.46. The molecule has 0 aliphatic carbocycles. The molecule has 2 aliphatic heterocycles. The topological polar surface area (TPSA) is 163 Å². The molecule has 0 radical (unpaired) electrons. The summed E-state index contributed by atoms with van der Waals surface area (Å²) in [5, 5.41) is 62.5. The third-order valence-electron chi connectivity index (χ3n) is 10.6. The zero-order chi connectivity index (χ0) is 35.1. The zero-order valence-electron chi connectivity index (χ0n) is 30.3. The summed E-state index contributed by atoms with van der Waals surface area (Å²) < 4.78 is 10.8. The highest BCUT2D eigenvalue weighted by atomic mass is 16.7. The summed E-state index contributed by atoms with van der Waals surface area (Å²) in [7, 11) is 0. The van der Waals surface area contributed by atoms with Crippen LogP contribution >= 0.6 is 0 Å². The number of likely N-dealkylation sites (tertiary alicyclic amines) is 2. The van der Waals surface area contributed by atoms with Crippen molar-refractivity contribution >= 4 is 6.16 Å². The molecular formula is C37H72N2O9. The highest BCUT2D eigenvalue weighted by molar-refractivity contribution is 5.60. The van der Waals surface area contributed by atoms with E-state index in [4.69, 9.17) is 9.47 Å². The molecule has 48 heavy (non-hydrogen) atoms. The van der Waals surface area contributed by atoms with Gasteiger partial charge in [-0.1, -0.05) is 129 Å². The lowest BCUT2D eigenvalue weighted by Gasteiger charge is -2.30. The maximum absolute atomic E-state index is 12.7. The second-order valence-corrected chi connectivity index (χ2v) is 14.3. The van der Waals surface area contributed by atoms with E-state index in [9.17, 15) is 35.4 Å². The highest BCUT2D eigenvalue weighted by Crippen LogP contribution is 2.28. The van der Waals surface area contributed by atoms with Crippen LogP contribution in [0.3, 0.4) is 0 Å². The van der Waals surface area contributed by atoms with Crippen LogP contribution in [0, 0.1) is 0 Å².